The van der Waals surface area contributed by atoms with Crippen LogP contribution in [0.1, 0.15) is 11.3 Å². The van der Waals surface area contributed by atoms with E-state index in [0.717, 1.165) is 22.0 Å². The van der Waals surface area contributed by atoms with E-state index in [1.165, 1.54) is 10.3 Å². The predicted octanol–water partition coefficient (Wildman–Crippen LogP) is 3.39. The van der Waals surface area contributed by atoms with E-state index in [4.69, 9.17) is 0 Å². The van der Waals surface area contributed by atoms with Crippen molar-refractivity contribution >= 4 is 32.4 Å². The monoisotopic (exact) mass is 258 g/mol. The molecule has 1 N–H and O–H groups in total. The molecule has 0 aliphatic carbocycles. The molecule has 92 valence electrons. The minimum atomic E-state index is 0.912. The molecule has 0 aliphatic rings. The van der Waals surface area contributed by atoms with Gasteiger partial charge in [0, 0.05) is 13.2 Å². The minimum absolute atomic E-state index is 0.912. The van der Waals surface area contributed by atoms with Gasteiger partial charge in [0.2, 0.25) is 0 Å². The second-order valence-electron chi connectivity index (χ2n) is 4.37. The van der Waals surface area contributed by atoms with Crippen LogP contribution < -0.4 is 5.32 Å². The molecule has 0 unspecified atom stereocenters. The van der Waals surface area contributed by atoms with E-state index in [2.05, 4.69) is 40.5 Å². The molecule has 0 saturated carbocycles. The number of aryl methyl sites for hydroxylation is 3. The van der Waals surface area contributed by atoms with Gasteiger partial charge in [0.1, 0.15) is 0 Å². The average Bonchev–Trinajstić information content (AvgIpc) is 2.84. The Morgan fingerprint density at radius 2 is 2.11 bits per heavy atom. The lowest BCUT2D eigenvalue weighted by molar-refractivity contribution is 0.756. The predicted molar refractivity (Wildman–Crippen MR) is 75.6 cm³/mol. The van der Waals surface area contributed by atoms with E-state index in [1.807, 2.05) is 20.2 Å². The van der Waals surface area contributed by atoms with Crippen molar-refractivity contribution in [3.63, 3.8) is 0 Å². The summed E-state index contributed by atoms with van der Waals surface area (Å²) in [7, 11) is 1.92. The van der Waals surface area contributed by atoms with Crippen molar-refractivity contribution in [1.82, 2.24) is 14.8 Å². The Morgan fingerprint density at radius 3 is 2.78 bits per heavy atom. The van der Waals surface area contributed by atoms with Crippen LogP contribution in [-0.4, -0.2) is 14.8 Å². The van der Waals surface area contributed by atoms with Crippen LogP contribution in [0.2, 0.25) is 0 Å². The summed E-state index contributed by atoms with van der Waals surface area (Å²) < 4.78 is 3.01. The molecule has 18 heavy (non-hydrogen) atoms. The third-order valence-corrected chi connectivity index (χ3v) is 3.81. The van der Waals surface area contributed by atoms with E-state index in [0.29, 0.717) is 0 Å². The Morgan fingerprint density at radius 1 is 1.28 bits per heavy atom. The third-order valence-electron chi connectivity index (χ3n) is 2.88. The highest BCUT2D eigenvalue weighted by atomic mass is 32.1. The van der Waals surface area contributed by atoms with Gasteiger partial charge in [-0.05, 0) is 25.5 Å². The Kier molecular flexibility index (Phi) is 2.56. The van der Waals surface area contributed by atoms with Gasteiger partial charge >= 0.3 is 0 Å². The maximum absolute atomic E-state index is 4.63. The number of benzene rings is 1. The Balaban J connectivity index is 2.00. The van der Waals surface area contributed by atoms with Crippen molar-refractivity contribution in [3.8, 4) is 0 Å². The van der Waals surface area contributed by atoms with Crippen LogP contribution >= 0.6 is 11.3 Å². The molecule has 3 aromatic rings. The molecule has 4 nitrogen and oxygen atoms in total. The summed E-state index contributed by atoms with van der Waals surface area (Å²) in [5.41, 5.74) is 4.27. The molecule has 0 spiro atoms. The van der Waals surface area contributed by atoms with E-state index >= 15 is 0 Å². The quantitative estimate of drug-likeness (QED) is 0.766. The number of rotatable bonds is 2. The molecule has 0 bridgehead atoms. The zero-order valence-electron chi connectivity index (χ0n) is 10.6. The summed E-state index contributed by atoms with van der Waals surface area (Å²) in [4.78, 5) is 4.63. The van der Waals surface area contributed by atoms with Gasteiger partial charge in [-0.3, -0.25) is 4.68 Å². The first-order valence-corrected chi connectivity index (χ1v) is 6.58. The molecule has 0 saturated heterocycles. The summed E-state index contributed by atoms with van der Waals surface area (Å²) in [5.74, 6) is 0. The number of aromatic nitrogens is 3. The smallest absolute Gasteiger partial charge is 0.188 e. The number of anilines is 2. The molecule has 5 heteroatoms. The van der Waals surface area contributed by atoms with Crippen LogP contribution in [-0.2, 0) is 7.05 Å². The summed E-state index contributed by atoms with van der Waals surface area (Å²) >= 11 is 1.66. The van der Waals surface area contributed by atoms with Gasteiger partial charge in [-0.15, -0.1) is 0 Å². The molecule has 2 aromatic heterocycles. The van der Waals surface area contributed by atoms with Gasteiger partial charge in [0.25, 0.3) is 0 Å². The van der Waals surface area contributed by atoms with E-state index in [-0.39, 0.29) is 0 Å². The molecule has 0 aliphatic heterocycles. The maximum Gasteiger partial charge on any atom is 0.188 e. The number of hydrogen-bond donors (Lipinski definition) is 1. The lowest BCUT2D eigenvalue weighted by atomic mass is 10.2. The SMILES string of the molecule is Cc1nn(C)cc1Nc1nc2c(C)cccc2s1. The number of fused-ring (bicyclic) bond motifs is 1. The largest absolute Gasteiger partial charge is 0.329 e. The van der Waals surface area contributed by atoms with Crippen molar-refractivity contribution in [2.45, 2.75) is 13.8 Å². The van der Waals surface area contributed by atoms with Crippen molar-refractivity contribution < 1.29 is 0 Å². The van der Waals surface area contributed by atoms with E-state index in [1.54, 1.807) is 16.0 Å². The molecule has 0 radical (unpaired) electrons. The van der Waals surface area contributed by atoms with Crippen LogP contribution in [0.5, 0.6) is 0 Å². The molecule has 0 fully saturated rings. The Labute approximate surface area is 109 Å². The zero-order chi connectivity index (χ0) is 12.7. The van der Waals surface area contributed by atoms with Gasteiger partial charge in [-0.2, -0.15) is 5.10 Å². The van der Waals surface area contributed by atoms with Gasteiger partial charge in [0.05, 0.1) is 21.6 Å². The fourth-order valence-electron chi connectivity index (χ4n) is 1.98. The topological polar surface area (TPSA) is 42.7 Å². The van der Waals surface area contributed by atoms with Gasteiger partial charge in [-0.1, -0.05) is 23.5 Å². The summed E-state index contributed by atoms with van der Waals surface area (Å²) in [5, 5.41) is 8.56. The highest BCUT2D eigenvalue weighted by Crippen LogP contribution is 2.30. The summed E-state index contributed by atoms with van der Waals surface area (Å²) in [6, 6.07) is 6.25. The summed E-state index contributed by atoms with van der Waals surface area (Å²) in [6.45, 7) is 4.07. The van der Waals surface area contributed by atoms with Crippen molar-refractivity contribution in [2.75, 3.05) is 5.32 Å². The van der Waals surface area contributed by atoms with Crippen LogP contribution in [0, 0.1) is 13.8 Å². The zero-order valence-corrected chi connectivity index (χ0v) is 11.4. The number of nitrogens with one attached hydrogen (secondary N) is 1. The molecule has 0 atom stereocenters. The van der Waals surface area contributed by atoms with Crippen molar-refractivity contribution in [1.29, 1.82) is 0 Å². The molecular weight excluding hydrogens is 244 g/mol. The van der Waals surface area contributed by atoms with E-state index in [9.17, 15) is 0 Å². The normalized spacial score (nSPS) is 11.1. The van der Waals surface area contributed by atoms with Crippen LogP contribution in [0.4, 0.5) is 10.8 Å². The van der Waals surface area contributed by atoms with Crippen LogP contribution in [0.15, 0.2) is 24.4 Å². The molecule has 1 aromatic carbocycles. The van der Waals surface area contributed by atoms with Gasteiger partial charge in [0.15, 0.2) is 5.13 Å². The van der Waals surface area contributed by atoms with Crippen LogP contribution in [0.3, 0.4) is 0 Å². The second kappa shape index (κ2) is 4.10. The molecule has 2 heterocycles. The first-order chi connectivity index (χ1) is 8.63. The maximum atomic E-state index is 4.63. The Hall–Kier alpha value is -1.88. The lowest BCUT2D eigenvalue weighted by Gasteiger charge is -1.98. The fraction of sp³-hybridized carbons (Fsp3) is 0.231. The second-order valence-corrected chi connectivity index (χ2v) is 5.40. The van der Waals surface area contributed by atoms with Crippen LogP contribution in [0.25, 0.3) is 10.2 Å². The van der Waals surface area contributed by atoms with Gasteiger partial charge < -0.3 is 5.32 Å². The first kappa shape index (κ1) is 11.2. The number of para-hydroxylation sites is 1. The van der Waals surface area contributed by atoms with Crippen molar-refractivity contribution in [2.24, 2.45) is 7.05 Å². The number of hydrogen-bond acceptors (Lipinski definition) is 4. The minimum Gasteiger partial charge on any atom is -0.329 e. The Bertz CT molecular complexity index is 711. The molecule has 0 amide bonds. The van der Waals surface area contributed by atoms with Gasteiger partial charge in [-0.25, -0.2) is 4.98 Å². The highest BCUT2D eigenvalue weighted by Gasteiger charge is 2.08. The number of thiazole rings is 1. The molecule has 3 rings (SSSR count). The van der Waals surface area contributed by atoms with E-state index < -0.39 is 0 Å². The molecular formula is C13H14N4S. The lowest BCUT2D eigenvalue weighted by Crippen LogP contribution is -1.89. The summed E-state index contributed by atoms with van der Waals surface area (Å²) in [6.07, 6.45) is 1.97. The third kappa shape index (κ3) is 1.86. The standard InChI is InChI=1S/C13H14N4S/c1-8-5-4-6-11-12(8)15-13(18-11)14-10-7-17(3)16-9(10)2/h4-7H,1-3H3,(H,14,15). The highest BCUT2D eigenvalue weighted by molar-refractivity contribution is 7.22. The first-order valence-electron chi connectivity index (χ1n) is 5.77. The average molecular weight is 258 g/mol. The van der Waals surface area contributed by atoms with Crippen molar-refractivity contribution in [3.05, 3.63) is 35.7 Å². The fourth-order valence-corrected chi connectivity index (χ4v) is 2.93. The number of nitrogens with zero attached hydrogens (tertiary/aromatic N) is 3.